The van der Waals surface area contributed by atoms with Crippen molar-refractivity contribution in [2.24, 2.45) is 5.92 Å². The highest BCUT2D eigenvalue weighted by molar-refractivity contribution is 7.13. The summed E-state index contributed by atoms with van der Waals surface area (Å²) in [4.78, 5) is 3.79. The van der Waals surface area contributed by atoms with Gasteiger partial charge in [-0.1, -0.05) is 43.3 Å². The molecule has 4 nitrogen and oxygen atoms in total. The molecule has 1 aliphatic rings. The summed E-state index contributed by atoms with van der Waals surface area (Å²) in [6.45, 7) is 8.69. The fourth-order valence-electron chi connectivity index (χ4n) is 3.84. The zero-order chi connectivity index (χ0) is 18.5. The zero-order valence-corrected chi connectivity index (χ0v) is 16.8. The van der Waals surface area contributed by atoms with Gasteiger partial charge in [-0.2, -0.15) is 5.10 Å². The van der Waals surface area contributed by atoms with Gasteiger partial charge in [0.2, 0.25) is 0 Å². The molecule has 1 unspecified atom stereocenters. The van der Waals surface area contributed by atoms with Gasteiger partial charge in [-0.15, -0.1) is 11.3 Å². The van der Waals surface area contributed by atoms with Crippen molar-refractivity contribution < 1.29 is 0 Å². The summed E-state index contributed by atoms with van der Waals surface area (Å²) in [6, 6.07) is 14.8. The molecule has 1 aliphatic heterocycles. The van der Waals surface area contributed by atoms with Crippen molar-refractivity contribution in [3.63, 3.8) is 0 Å². The normalized spacial score (nSPS) is 17.6. The van der Waals surface area contributed by atoms with Crippen LogP contribution in [-0.4, -0.2) is 40.9 Å². The van der Waals surface area contributed by atoms with Crippen LogP contribution in [0.3, 0.4) is 0 Å². The van der Waals surface area contributed by atoms with Crippen molar-refractivity contribution in [1.82, 2.24) is 20.0 Å². The third-order valence-corrected chi connectivity index (χ3v) is 6.22. The van der Waals surface area contributed by atoms with E-state index < -0.39 is 0 Å². The van der Waals surface area contributed by atoms with Gasteiger partial charge in [-0.05, 0) is 49.0 Å². The second kappa shape index (κ2) is 8.83. The Hall–Kier alpha value is -1.95. The molecule has 142 valence electrons. The maximum atomic E-state index is 4.90. The first-order valence-corrected chi connectivity index (χ1v) is 10.8. The summed E-state index contributed by atoms with van der Waals surface area (Å²) in [5.74, 6) is 0.773. The van der Waals surface area contributed by atoms with Gasteiger partial charge in [0, 0.05) is 24.8 Å². The van der Waals surface area contributed by atoms with Gasteiger partial charge in [0.15, 0.2) is 0 Å². The van der Waals surface area contributed by atoms with E-state index in [1.54, 1.807) is 11.3 Å². The monoisotopic (exact) mass is 380 g/mol. The molecular formula is C22H28N4S. The van der Waals surface area contributed by atoms with Crippen molar-refractivity contribution in [3.8, 4) is 10.6 Å². The molecule has 2 aromatic heterocycles. The first kappa shape index (κ1) is 18.4. The topological polar surface area (TPSA) is 33.1 Å². The molecule has 1 aromatic carbocycles. The number of hydrogen-bond acceptors (Lipinski definition) is 4. The Morgan fingerprint density at radius 1 is 1.19 bits per heavy atom. The Kier molecular flexibility index (Phi) is 6.02. The summed E-state index contributed by atoms with van der Waals surface area (Å²) >= 11 is 1.76. The molecule has 5 heteroatoms. The third-order valence-electron chi connectivity index (χ3n) is 5.35. The van der Waals surface area contributed by atoms with Crippen LogP contribution in [0, 0.1) is 5.92 Å². The number of nitrogens with one attached hydrogen (secondary N) is 1. The Morgan fingerprint density at radius 3 is 2.81 bits per heavy atom. The molecule has 4 rings (SSSR count). The highest BCUT2D eigenvalue weighted by Crippen LogP contribution is 2.27. The number of nitrogens with zero attached hydrogens (tertiary/aromatic N) is 3. The molecule has 1 saturated heterocycles. The average molecular weight is 381 g/mol. The van der Waals surface area contributed by atoms with E-state index in [0.29, 0.717) is 0 Å². The average Bonchev–Trinajstić information content (AvgIpc) is 3.43. The Bertz CT molecular complexity index is 825. The van der Waals surface area contributed by atoms with E-state index in [0.717, 1.165) is 31.2 Å². The summed E-state index contributed by atoms with van der Waals surface area (Å²) in [6.07, 6.45) is 3.52. The van der Waals surface area contributed by atoms with Crippen LogP contribution in [0.4, 0.5) is 0 Å². The van der Waals surface area contributed by atoms with Crippen LogP contribution in [0.1, 0.15) is 24.5 Å². The molecule has 0 saturated carbocycles. The zero-order valence-electron chi connectivity index (χ0n) is 16.0. The second-order valence-corrected chi connectivity index (χ2v) is 8.29. The van der Waals surface area contributed by atoms with Crippen LogP contribution in [0.5, 0.6) is 0 Å². The largest absolute Gasteiger partial charge is 0.312 e. The number of hydrogen-bond donors (Lipinski definition) is 1. The first-order valence-electron chi connectivity index (χ1n) is 9.89. The quantitative estimate of drug-likeness (QED) is 0.639. The van der Waals surface area contributed by atoms with Gasteiger partial charge in [0.1, 0.15) is 5.69 Å². The molecule has 1 N–H and O–H groups in total. The predicted molar refractivity (Wildman–Crippen MR) is 113 cm³/mol. The first-order chi connectivity index (χ1) is 13.3. The lowest BCUT2D eigenvalue weighted by Crippen LogP contribution is -2.26. The van der Waals surface area contributed by atoms with Crippen LogP contribution < -0.4 is 5.32 Å². The second-order valence-electron chi connectivity index (χ2n) is 7.34. The Labute approximate surface area is 165 Å². The van der Waals surface area contributed by atoms with Crippen LogP contribution in [0.15, 0.2) is 54.0 Å². The summed E-state index contributed by atoms with van der Waals surface area (Å²) in [5, 5.41) is 10.7. The van der Waals surface area contributed by atoms with Gasteiger partial charge in [0.05, 0.1) is 11.4 Å². The van der Waals surface area contributed by atoms with Crippen LogP contribution in [0.25, 0.3) is 10.6 Å². The molecule has 0 spiro atoms. The molecule has 3 heterocycles. The maximum Gasteiger partial charge on any atom is 0.107 e. The van der Waals surface area contributed by atoms with Crippen molar-refractivity contribution in [2.45, 2.75) is 26.4 Å². The fourth-order valence-corrected chi connectivity index (χ4v) is 4.59. The lowest BCUT2D eigenvalue weighted by Gasteiger charge is -2.13. The highest BCUT2D eigenvalue weighted by atomic mass is 32.1. The van der Waals surface area contributed by atoms with E-state index >= 15 is 0 Å². The Balaban J connectivity index is 1.44. The minimum atomic E-state index is 0.773. The third kappa shape index (κ3) is 4.67. The van der Waals surface area contributed by atoms with E-state index in [1.165, 1.54) is 42.1 Å². The molecule has 0 radical (unpaired) electrons. The highest BCUT2D eigenvalue weighted by Gasteiger charge is 2.21. The number of likely N-dealkylation sites (tertiary alicyclic amines) is 1. The SMILES string of the molecule is CCN1CCC(CNCc2cn(Cc3ccccc3)nc2-c2cccs2)C1. The van der Waals surface area contributed by atoms with Crippen LogP contribution >= 0.6 is 11.3 Å². The molecular weight excluding hydrogens is 352 g/mol. The van der Waals surface area contributed by atoms with E-state index in [9.17, 15) is 0 Å². The number of aromatic nitrogens is 2. The maximum absolute atomic E-state index is 4.90. The molecule has 0 aliphatic carbocycles. The van der Waals surface area contributed by atoms with E-state index in [2.05, 4.69) is 75.9 Å². The summed E-state index contributed by atoms with van der Waals surface area (Å²) in [5.41, 5.74) is 3.69. The number of rotatable bonds is 8. The van der Waals surface area contributed by atoms with E-state index in [-0.39, 0.29) is 0 Å². The van der Waals surface area contributed by atoms with Crippen LogP contribution in [0.2, 0.25) is 0 Å². The minimum absolute atomic E-state index is 0.773. The molecule has 0 amide bonds. The van der Waals surface area contributed by atoms with E-state index in [4.69, 9.17) is 5.10 Å². The summed E-state index contributed by atoms with van der Waals surface area (Å²) < 4.78 is 2.08. The molecule has 3 aromatic rings. The number of benzene rings is 1. The predicted octanol–water partition coefficient (Wildman–Crippen LogP) is 4.09. The fraction of sp³-hybridized carbons (Fsp3) is 0.409. The van der Waals surface area contributed by atoms with Gasteiger partial charge >= 0.3 is 0 Å². The van der Waals surface area contributed by atoms with Crippen molar-refractivity contribution >= 4 is 11.3 Å². The minimum Gasteiger partial charge on any atom is -0.312 e. The van der Waals surface area contributed by atoms with Gasteiger partial charge < -0.3 is 10.2 Å². The van der Waals surface area contributed by atoms with Crippen molar-refractivity contribution in [1.29, 1.82) is 0 Å². The lowest BCUT2D eigenvalue weighted by molar-refractivity contribution is 0.339. The molecule has 0 bridgehead atoms. The molecule has 27 heavy (non-hydrogen) atoms. The van der Waals surface area contributed by atoms with Gasteiger partial charge in [-0.25, -0.2) is 0 Å². The van der Waals surface area contributed by atoms with E-state index in [1.807, 2.05) is 0 Å². The number of thiophene rings is 1. The summed E-state index contributed by atoms with van der Waals surface area (Å²) in [7, 11) is 0. The van der Waals surface area contributed by atoms with Gasteiger partial charge in [-0.3, -0.25) is 4.68 Å². The van der Waals surface area contributed by atoms with Crippen LogP contribution in [-0.2, 0) is 13.1 Å². The standard InChI is InChI=1S/C22H28N4S/c1-2-25-11-10-19(15-25)13-23-14-20-17-26(16-18-7-4-3-5-8-18)24-22(20)21-9-6-12-27-21/h3-9,12,17,19,23H,2,10-11,13-16H2,1H3. The van der Waals surface area contributed by atoms with Gasteiger partial charge in [0.25, 0.3) is 0 Å². The molecule has 1 atom stereocenters. The van der Waals surface area contributed by atoms with Crippen molar-refractivity contribution in [2.75, 3.05) is 26.2 Å². The molecule has 1 fully saturated rings. The smallest absolute Gasteiger partial charge is 0.107 e. The Morgan fingerprint density at radius 2 is 2.07 bits per heavy atom. The van der Waals surface area contributed by atoms with Crippen molar-refractivity contribution in [3.05, 3.63) is 65.2 Å². The lowest BCUT2D eigenvalue weighted by atomic mass is 10.1.